The molecular weight excluding hydrogens is 290 g/mol. The van der Waals surface area contributed by atoms with Crippen molar-refractivity contribution in [1.29, 1.82) is 0 Å². The highest BCUT2D eigenvalue weighted by Crippen LogP contribution is 2.23. The molecule has 5 heteroatoms. The lowest BCUT2D eigenvalue weighted by molar-refractivity contribution is 0.0212. The fourth-order valence-corrected chi connectivity index (χ4v) is 2.60. The number of carbonyl (C=O) groups is 1. The predicted molar refractivity (Wildman–Crippen MR) is 83.9 cm³/mol. The van der Waals surface area contributed by atoms with Gasteiger partial charge in [0.15, 0.2) is 0 Å². The summed E-state index contributed by atoms with van der Waals surface area (Å²) in [6.07, 6.45) is 4.77. The molecule has 21 heavy (non-hydrogen) atoms. The van der Waals surface area contributed by atoms with Crippen molar-refractivity contribution in [1.82, 2.24) is 0 Å². The Morgan fingerprint density at radius 2 is 2.05 bits per heavy atom. The standard InChI is InChI=1S/C16H22ClNO3/c17-10-12(19)11-18-15-9-5-4-8-14(15)16(20)21-13-6-2-1-3-7-13/h4-5,8-9,12-13,18-19H,1-3,6-7,10-11H2. The Balaban J connectivity index is 1.98. The van der Waals surface area contributed by atoms with Gasteiger partial charge in [0, 0.05) is 12.2 Å². The molecule has 0 amide bonds. The topological polar surface area (TPSA) is 58.6 Å². The second-order valence-corrected chi connectivity index (χ2v) is 5.71. The predicted octanol–water partition coefficient (Wildman–Crippen LogP) is 3.19. The Bertz CT molecular complexity index is 461. The third kappa shape index (κ3) is 4.90. The highest BCUT2D eigenvalue weighted by Gasteiger charge is 2.20. The van der Waals surface area contributed by atoms with Crippen molar-refractivity contribution in [2.24, 2.45) is 0 Å². The van der Waals surface area contributed by atoms with Gasteiger partial charge in [-0.2, -0.15) is 0 Å². The second-order valence-electron chi connectivity index (χ2n) is 5.40. The lowest BCUT2D eigenvalue weighted by Gasteiger charge is -2.22. The van der Waals surface area contributed by atoms with Crippen molar-refractivity contribution in [3.05, 3.63) is 29.8 Å². The number of alkyl halides is 1. The van der Waals surface area contributed by atoms with Gasteiger partial charge in [-0.05, 0) is 37.8 Å². The summed E-state index contributed by atoms with van der Waals surface area (Å²) in [5.74, 6) is -0.146. The van der Waals surface area contributed by atoms with Crippen molar-refractivity contribution in [3.63, 3.8) is 0 Å². The lowest BCUT2D eigenvalue weighted by Crippen LogP contribution is -2.24. The summed E-state index contributed by atoms with van der Waals surface area (Å²) in [5.41, 5.74) is 1.17. The van der Waals surface area contributed by atoms with E-state index in [1.54, 1.807) is 18.2 Å². The zero-order valence-corrected chi connectivity index (χ0v) is 12.8. The first-order valence-corrected chi connectivity index (χ1v) is 8.02. The summed E-state index contributed by atoms with van der Waals surface area (Å²) in [5, 5.41) is 12.5. The first kappa shape index (κ1) is 16.1. The number of halogens is 1. The average Bonchev–Trinajstić information content (AvgIpc) is 2.53. The van der Waals surface area contributed by atoms with E-state index >= 15 is 0 Å². The first-order chi connectivity index (χ1) is 10.2. The van der Waals surface area contributed by atoms with Gasteiger partial charge in [0.2, 0.25) is 0 Å². The van der Waals surface area contributed by atoms with E-state index in [1.807, 2.05) is 6.07 Å². The summed E-state index contributed by atoms with van der Waals surface area (Å²) in [7, 11) is 0. The molecular formula is C16H22ClNO3. The smallest absolute Gasteiger partial charge is 0.340 e. The number of carbonyl (C=O) groups excluding carboxylic acids is 1. The molecule has 0 bridgehead atoms. The van der Waals surface area contributed by atoms with Crippen molar-refractivity contribution < 1.29 is 14.6 Å². The molecule has 0 spiro atoms. The van der Waals surface area contributed by atoms with Crippen molar-refractivity contribution in [2.75, 3.05) is 17.7 Å². The van der Waals surface area contributed by atoms with E-state index in [0.29, 0.717) is 17.8 Å². The van der Waals surface area contributed by atoms with Crippen molar-refractivity contribution in [3.8, 4) is 0 Å². The minimum Gasteiger partial charge on any atom is -0.459 e. The SMILES string of the molecule is O=C(OC1CCCCC1)c1ccccc1NCC(O)CCl. The number of rotatable bonds is 6. The molecule has 116 valence electrons. The zero-order chi connectivity index (χ0) is 15.1. The molecule has 1 saturated carbocycles. The number of ether oxygens (including phenoxy) is 1. The highest BCUT2D eigenvalue weighted by molar-refractivity contribution is 6.18. The first-order valence-electron chi connectivity index (χ1n) is 7.48. The molecule has 2 rings (SSSR count). The number of hydrogen-bond acceptors (Lipinski definition) is 4. The van der Waals surface area contributed by atoms with Gasteiger partial charge in [-0.3, -0.25) is 0 Å². The van der Waals surface area contributed by atoms with Crippen LogP contribution in [-0.4, -0.2) is 35.7 Å². The molecule has 0 aromatic heterocycles. The number of para-hydroxylation sites is 1. The van der Waals surface area contributed by atoms with Crippen LogP contribution in [0.3, 0.4) is 0 Å². The van der Waals surface area contributed by atoms with Crippen LogP contribution in [0.15, 0.2) is 24.3 Å². The second kappa shape index (κ2) is 8.25. The summed E-state index contributed by atoms with van der Waals surface area (Å²) < 4.78 is 5.58. The molecule has 1 unspecified atom stereocenters. The number of aliphatic hydroxyl groups excluding tert-OH is 1. The summed E-state index contributed by atoms with van der Waals surface area (Å²) >= 11 is 5.57. The van der Waals surface area contributed by atoms with E-state index in [0.717, 1.165) is 25.7 Å². The fourth-order valence-electron chi connectivity index (χ4n) is 2.50. The average molecular weight is 312 g/mol. The van der Waals surface area contributed by atoms with E-state index in [-0.39, 0.29) is 18.0 Å². The zero-order valence-electron chi connectivity index (χ0n) is 12.1. The Morgan fingerprint density at radius 3 is 2.76 bits per heavy atom. The van der Waals surface area contributed by atoms with E-state index in [2.05, 4.69) is 5.32 Å². The summed E-state index contributed by atoms with van der Waals surface area (Å²) in [4.78, 5) is 12.3. The Hall–Kier alpha value is -1.26. The normalized spacial score (nSPS) is 17.2. The van der Waals surface area contributed by atoms with Crippen LogP contribution in [0.1, 0.15) is 42.5 Å². The van der Waals surface area contributed by atoms with Gasteiger partial charge in [-0.1, -0.05) is 18.6 Å². The van der Waals surface area contributed by atoms with Crippen LogP contribution in [0.5, 0.6) is 0 Å². The molecule has 1 fully saturated rings. The number of nitrogens with one attached hydrogen (secondary N) is 1. The van der Waals surface area contributed by atoms with Gasteiger partial charge in [0.1, 0.15) is 6.10 Å². The summed E-state index contributed by atoms with van der Waals surface area (Å²) in [6.45, 7) is 0.303. The molecule has 0 saturated heterocycles. The van der Waals surface area contributed by atoms with E-state index in [1.165, 1.54) is 6.42 Å². The van der Waals surface area contributed by atoms with Gasteiger partial charge in [0.05, 0.1) is 17.5 Å². The molecule has 0 radical (unpaired) electrons. The Kier molecular flexibility index (Phi) is 6.33. The summed E-state index contributed by atoms with van der Waals surface area (Å²) in [6, 6.07) is 7.19. The number of benzene rings is 1. The van der Waals surface area contributed by atoms with Crippen LogP contribution in [0, 0.1) is 0 Å². The highest BCUT2D eigenvalue weighted by atomic mass is 35.5. The Labute approximate surface area is 130 Å². The third-order valence-corrected chi connectivity index (χ3v) is 4.04. The van der Waals surface area contributed by atoms with Gasteiger partial charge >= 0.3 is 5.97 Å². The van der Waals surface area contributed by atoms with Crippen LogP contribution < -0.4 is 5.32 Å². The van der Waals surface area contributed by atoms with Crippen LogP contribution in [0.25, 0.3) is 0 Å². The van der Waals surface area contributed by atoms with Crippen molar-refractivity contribution >= 4 is 23.3 Å². The maximum atomic E-state index is 12.3. The maximum absolute atomic E-state index is 12.3. The van der Waals surface area contributed by atoms with E-state index < -0.39 is 6.10 Å². The van der Waals surface area contributed by atoms with Gasteiger partial charge in [-0.15, -0.1) is 11.6 Å². The largest absolute Gasteiger partial charge is 0.459 e. The van der Waals surface area contributed by atoms with Crippen molar-refractivity contribution in [2.45, 2.75) is 44.3 Å². The van der Waals surface area contributed by atoms with E-state index in [9.17, 15) is 9.90 Å². The quantitative estimate of drug-likeness (QED) is 0.626. The lowest BCUT2D eigenvalue weighted by atomic mass is 9.98. The van der Waals surface area contributed by atoms with Crippen LogP contribution in [0.4, 0.5) is 5.69 Å². The molecule has 1 aromatic carbocycles. The molecule has 1 aliphatic carbocycles. The van der Waals surface area contributed by atoms with Gasteiger partial charge in [-0.25, -0.2) is 4.79 Å². The monoisotopic (exact) mass is 311 g/mol. The minimum absolute atomic E-state index is 0.0349. The molecule has 1 atom stereocenters. The number of esters is 1. The van der Waals surface area contributed by atoms with Gasteiger partial charge in [0.25, 0.3) is 0 Å². The van der Waals surface area contributed by atoms with Crippen LogP contribution in [0.2, 0.25) is 0 Å². The van der Waals surface area contributed by atoms with E-state index in [4.69, 9.17) is 16.3 Å². The fraction of sp³-hybridized carbons (Fsp3) is 0.562. The minimum atomic E-state index is -0.644. The number of anilines is 1. The number of hydrogen-bond donors (Lipinski definition) is 2. The molecule has 2 N–H and O–H groups in total. The maximum Gasteiger partial charge on any atom is 0.340 e. The number of aliphatic hydroxyl groups is 1. The Morgan fingerprint density at radius 1 is 1.33 bits per heavy atom. The molecule has 0 heterocycles. The molecule has 0 aliphatic heterocycles. The van der Waals surface area contributed by atoms with Crippen LogP contribution in [-0.2, 0) is 4.74 Å². The van der Waals surface area contributed by atoms with Crippen LogP contribution >= 0.6 is 11.6 Å². The molecule has 4 nitrogen and oxygen atoms in total. The molecule has 1 aromatic rings. The molecule has 1 aliphatic rings. The third-order valence-electron chi connectivity index (χ3n) is 3.68. The van der Waals surface area contributed by atoms with Gasteiger partial charge < -0.3 is 15.2 Å².